The Bertz CT molecular complexity index is 6870. The molecule has 762 valence electrons. The number of rotatable bonds is 30. The molecule has 7 heterocycles. The summed E-state index contributed by atoms with van der Waals surface area (Å²) in [4.78, 5) is 114. The van der Waals surface area contributed by atoms with Crippen molar-refractivity contribution in [3.8, 4) is 86.2 Å². The molecule has 49 heteroatoms. The first-order valence-corrected chi connectivity index (χ1v) is 41.9. The molecular formula is C96H78F18N12O19. The van der Waals surface area contributed by atoms with Crippen LogP contribution in [-0.4, -0.2) is 129 Å². The second-order valence-electron chi connectivity index (χ2n) is 31.8. The number of carbonyl (C=O) groups is 7. The maximum atomic E-state index is 14.9. The van der Waals surface area contributed by atoms with Crippen molar-refractivity contribution >= 4 is 69.4 Å². The van der Waals surface area contributed by atoms with Crippen molar-refractivity contribution in [3.63, 3.8) is 0 Å². The maximum Gasteiger partial charge on any atom is 0.573 e. The number of alkyl halides is 17. The van der Waals surface area contributed by atoms with Crippen molar-refractivity contribution in [2.45, 2.75) is 115 Å². The van der Waals surface area contributed by atoms with Crippen molar-refractivity contribution in [1.29, 1.82) is 0 Å². The van der Waals surface area contributed by atoms with E-state index in [0.29, 0.717) is 46.5 Å². The highest BCUT2D eigenvalue weighted by molar-refractivity contribution is 6.09. The van der Waals surface area contributed by atoms with E-state index in [1.54, 1.807) is 12.1 Å². The van der Waals surface area contributed by atoms with Gasteiger partial charge in [0.2, 0.25) is 11.5 Å². The Balaban J connectivity index is 0.000000184. The second kappa shape index (κ2) is 44.5. The molecule has 8 N–H and O–H groups in total. The van der Waals surface area contributed by atoms with Gasteiger partial charge in [-0.25, -0.2) is 18.2 Å². The summed E-state index contributed by atoms with van der Waals surface area (Å²) in [6, 6.07) is 30.3. The number of nitrogens with two attached hydrogens (primary N) is 1. The van der Waals surface area contributed by atoms with Crippen LogP contribution in [-0.2, 0) is 11.6 Å². The van der Waals surface area contributed by atoms with Crippen molar-refractivity contribution in [1.82, 2.24) is 29.9 Å². The van der Waals surface area contributed by atoms with Crippen LogP contribution in [0.25, 0.3) is 5.70 Å². The number of ketones is 3. The fourth-order valence-corrected chi connectivity index (χ4v) is 13.2. The third-order valence-corrected chi connectivity index (χ3v) is 20.9. The van der Waals surface area contributed by atoms with Gasteiger partial charge in [-0.1, -0.05) is 20.4 Å². The van der Waals surface area contributed by atoms with E-state index in [9.17, 15) is 113 Å². The molecular weight excluding hydrogens is 1970 g/mol. The van der Waals surface area contributed by atoms with Crippen LogP contribution >= 0.6 is 0 Å². The molecule has 5 aromatic carbocycles. The summed E-state index contributed by atoms with van der Waals surface area (Å²) in [5.41, 5.74) is 5.94. The van der Waals surface area contributed by atoms with Crippen LogP contribution in [0.5, 0.6) is 86.2 Å². The third kappa shape index (κ3) is 29.8. The van der Waals surface area contributed by atoms with E-state index in [2.05, 4.69) is 88.6 Å². The molecule has 0 saturated heterocycles. The van der Waals surface area contributed by atoms with Gasteiger partial charge in [-0.05, 0) is 134 Å². The summed E-state index contributed by atoms with van der Waals surface area (Å²) in [7, 11) is 3.72. The van der Waals surface area contributed by atoms with Gasteiger partial charge in [0.1, 0.15) is 85.4 Å². The number of hydrogen-bond acceptors (Lipinski definition) is 26. The number of pyridine rings is 7. The molecule has 2 unspecified atom stereocenters. The zero-order valence-corrected chi connectivity index (χ0v) is 76.2. The fourth-order valence-electron chi connectivity index (χ4n) is 13.2. The van der Waals surface area contributed by atoms with Gasteiger partial charge in [-0.2, -0.15) is 13.2 Å². The summed E-state index contributed by atoms with van der Waals surface area (Å²) < 4.78 is 286. The summed E-state index contributed by atoms with van der Waals surface area (Å²) in [5.74, 6) is -12.6. The van der Waals surface area contributed by atoms with Crippen molar-refractivity contribution in [2.24, 2.45) is 11.7 Å². The lowest BCUT2D eigenvalue weighted by Gasteiger charge is -2.17. The molecule has 0 spiro atoms. The number of carbonyl (C=O) groups excluding carboxylic acids is 7. The number of H-pyrrole nitrogens is 1. The monoisotopic (exact) mass is 2040 g/mol. The van der Waals surface area contributed by atoms with Crippen LogP contribution in [0.1, 0.15) is 173 Å². The number of aromatic amines is 1. The van der Waals surface area contributed by atoms with Crippen molar-refractivity contribution in [3.05, 3.63) is 281 Å². The average molecular weight is 2050 g/mol. The quantitative estimate of drug-likeness (QED) is 0.0206. The molecule has 3 aliphatic carbocycles. The normalized spacial score (nSPS) is 14.5. The van der Waals surface area contributed by atoms with E-state index < -0.39 is 125 Å². The minimum Gasteiger partial charge on any atom is -0.870 e. The highest BCUT2D eigenvalue weighted by Gasteiger charge is 2.59. The molecule has 3 aliphatic rings. The summed E-state index contributed by atoms with van der Waals surface area (Å²) in [6.07, 6.45) is -13.1. The molecule has 0 bridgehead atoms. The van der Waals surface area contributed by atoms with Gasteiger partial charge in [0, 0.05) is 153 Å². The topological polar surface area (TPSA) is 417 Å². The molecule has 7 aromatic heterocycles. The SMILES string of the molecule is C=C(N)c1cc(NC(=O)c2cnc(C3CC3(F)F)cc2Oc2ccc(OC(F)(F)F)cc2OC)ccn1.CC(=O)c1cc(NC(=O)c2c(Oc3ccc(OC(F)(F)F)cc3)ccc(C(F)(F)F)c2F)cc[nH+]1.COc1cc(OC(F)(F)F)ccc1Oc1cc(C2(C)CC2)ncc1C(=O)Nc1ccnc(C(C)=O)c1.COc1cc(OC(F)(F)F)ccc1Oc1cc(C2C[C@@H]2C)ncc1C(=O)Nc1ccnc(C(C)=O)c1.[OH-]. The Labute approximate surface area is 808 Å². The van der Waals surface area contributed by atoms with Gasteiger partial charge in [0.05, 0.1) is 55.6 Å². The first kappa shape index (κ1) is 108. The first-order chi connectivity index (χ1) is 67.6. The van der Waals surface area contributed by atoms with Crippen LogP contribution in [0.4, 0.5) is 102 Å². The number of methoxy groups -OCH3 is 3. The minimum atomic E-state index is -5.14. The second-order valence-corrected chi connectivity index (χ2v) is 31.8. The molecule has 0 aliphatic heterocycles. The van der Waals surface area contributed by atoms with Crippen LogP contribution < -0.4 is 84.1 Å². The van der Waals surface area contributed by atoms with Crippen LogP contribution in [0.3, 0.4) is 0 Å². The number of nitrogens with zero attached hydrogens (tertiary/aromatic N) is 6. The minimum absolute atomic E-state index is 0. The van der Waals surface area contributed by atoms with Crippen LogP contribution in [0.15, 0.2) is 208 Å². The molecule has 0 radical (unpaired) electrons. The van der Waals surface area contributed by atoms with Crippen LogP contribution in [0, 0.1) is 11.7 Å². The lowest BCUT2D eigenvalue weighted by molar-refractivity contribution is -0.381. The third-order valence-electron chi connectivity index (χ3n) is 20.9. The highest BCUT2D eigenvalue weighted by Crippen LogP contribution is 2.56. The maximum absolute atomic E-state index is 14.9. The Kier molecular flexibility index (Phi) is 33.3. The van der Waals surface area contributed by atoms with E-state index in [0.717, 1.165) is 97.9 Å². The first-order valence-electron chi connectivity index (χ1n) is 41.9. The molecule has 145 heavy (non-hydrogen) atoms. The van der Waals surface area contributed by atoms with Gasteiger partial charge >= 0.3 is 31.6 Å². The number of halogens is 18. The fraction of sp³-hybridized carbons (Fsp3) is 0.229. The largest absolute Gasteiger partial charge is 0.870 e. The van der Waals surface area contributed by atoms with E-state index in [4.69, 9.17) is 38.9 Å². The predicted octanol–water partition coefficient (Wildman–Crippen LogP) is 22.5. The Morgan fingerprint density at radius 2 is 0.793 bits per heavy atom. The number of amides is 4. The summed E-state index contributed by atoms with van der Waals surface area (Å²) >= 11 is 0. The number of hydrogen-bond donors (Lipinski definition) is 5. The van der Waals surface area contributed by atoms with E-state index in [1.165, 1.54) is 146 Å². The lowest BCUT2D eigenvalue weighted by Crippen LogP contribution is -2.20. The Morgan fingerprint density at radius 3 is 1.18 bits per heavy atom. The average Bonchev–Trinajstić information content (AvgIpc) is 1.60. The molecule has 4 amide bonds. The zero-order valence-electron chi connectivity index (χ0n) is 76.2. The molecule has 15 rings (SSSR count). The smallest absolute Gasteiger partial charge is 0.573 e. The van der Waals surface area contributed by atoms with Gasteiger partial charge < -0.3 is 84.6 Å². The van der Waals surface area contributed by atoms with Gasteiger partial charge in [-0.3, -0.25) is 63.5 Å². The number of ether oxygens (including phenoxy) is 11. The predicted molar refractivity (Wildman–Crippen MR) is 475 cm³/mol. The summed E-state index contributed by atoms with van der Waals surface area (Å²) in [6.45, 7) is 11.6. The molecule has 12 aromatic rings. The lowest BCUT2D eigenvalue weighted by atomic mass is 10.0. The number of benzene rings is 5. The van der Waals surface area contributed by atoms with Gasteiger partial charge in [0.15, 0.2) is 58.1 Å². The Morgan fingerprint density at radius 1 is 0.428 bits per heavy atom. The molecule has 31 nitrogen and oxygen atoms in total. The van der Waals surface area contributed by atoms with Crippen molar-refractivity contribution < 1.29 is 175 Å². The summed E-state index contributed by atoms with van der Waals surface area (Å²) in [5, 5.41) is 10.2. The highest BCUT2D eigenvalue weighted by atomic mass is 19.4. The van der Waals surface area contributed by atoms with Crippen LogP contribution in [0.2, 0.25) is 0 Å². The van der Waals surface area contributed by atoms with Gasteiger partial charge in [0.25, 0.3) is 29.6 Å². The zero-order chi connectivity index (χ0) is 105. The Hall–Kier alpha value is -16.9. The van der Waals surface area contributed by atoms with Gasteiger partial charge in [-0.15, -0.1) is 52.7 Å². The molecule has 3 saturated carbocycles. The molecule has 3 fully saturated rings. The number of Topliss-reactive ketones (excluding diaryl/α,β-unsaturated/α-hetero) is 3. The van der Waals surface area contributed by atoms with E-state index >= 15 is 0 Å². The number of nitrogens with one attached hydrogen (secondary N) is 5. The van der Waals surface area contributed by atoms with E-state index in [-0.39, 0.29) is 137 Å². The standard InChI is InChI=1S/2C25H22F3N3O5.C24H19F5N4O4.C22H13F7N2O4.H2O/c1-14(32)18-10-15(6-9-29-18)31-23(33)17-13-30-22(24(2)7-8-24)12-20(17)35-19-5-4-16(11-21(19)34-3)36-25(26,27)28;1-13-8-17(13)20-11-22(35-21-5-4-16(10-23(21)34-3)36-25(26,27)28)18(12-30-20)24(33)31-15-6-7-29-19(9-15)14(2)32;1-12(30)17-7-13(5-6-31-17)33-22(34)15-11-32-18(16-10-23(16,25)26)9-20(15)36-19-4-3-14(8-21(19)35-2)37-24(27,28)29;1-11(32)16-10-12(8-9-30-16)31-20(33)18-17(7-6-15(19(18)23)21(24,25)26)34-13-2-4-14(5-3-13)35-22(27,28)29;/h4-6,9-13H,7-8H2,1-3H3,(H,29,31,33);4-7,9-13,17H,8H2,1-3H3,(H,29,31,33);3-9,11,16H,1,10,30H2,2H3,(H,31,33,34);2-10H,1H3,(H,30,31,33);1H2/t;13-,17?;;;/m.0.../s1. The number of anilines is 4. The number of aromatic nitrogens is 7. The van der Waals surface area contributed by atoms with E-state index in [1.807, 2.05) is 6.92 Å². The molecule has 3 atom stereocenters. The van der Waals surface area contributed by atoms with Crippen molar-refractivity contribution in [2.75, 3.05) is 42.6 Å².